The zero-order valence-electron chi connectivity index (χ0n) is 22.4. The molecule has 42 heavy (non-hydrogen) atoms. The van der Waals surface area contributed by atoms with Crippen molar-refractivity contribution in [2.24, 2.45) is 0 Å². The van der Waals surface area contributed by atoms with E-state index in [4.69, 9.17) is 18.8 Å². The van der Waals surface area contributed by atoms with Crippen LogP contribution in [0.5, 0.6) is 0 Å². The molecule has 0 amide bonds. The Labute approximate surface area is 240 Å². The average molecular weight is 539 g/mol. The molecule has 0 aliphatic carbocycles. The molecule has 3 aromatic heterocycles. The maximum absolute atomic E-state index is 6.45. The molecule has 4 heteroatoms. The highest BCUT2D eigenvalue weighted by molar-refractivity contribution is 6.14. The van der Waals surface area contributed by atoms with Gasteiger partial charge in [-0.3, -0.25) is 0 Å². The second-order valence-corrected chi connectivity index (χ2v) is 10.6. The van der Waals surface area contributed by atoms with E-state index in [9.17, 15) is 0 Å². The smallest absolute Gasteiger partial charge is 0.161 e. The number of fused-ring (bicyclic) bond motifs is 7. The number of nitrogens with zero attached hydrogens (tertiary/aromatic N) is 2. The van der Waals surface area contributed by atoms with Gasteiger partial charge < -0.3 is 8.83 Å². The van der Waals surface area contributed by atoms with E-state index < -0.39 is 0 Å². The normalized spacial score (nSPS) is 11.8. The molecule has 4 nitrogen and oxygen atoms in total. The summed E-state index contributed by atoms with van der Waals surface area (Å²) in [7, 11) is 0. The zero-order chi connectivity index (χ0) is 27.6. The quantitative estimate of drug-likeness (QED) is 0.224. The summed E-state index contributed by atoms with van der Waals surface area (Å²) in [6, 6.07) is 45.5. The van der Waals surface area contributed by atoms with Gasteiger partial charge in [-0.1, -0.05) is 91.0 Å². The lowest BCUT2D eigenvalue weighted by molar-refractivity contribution is 0.669. The van der Waals surface area contributed by atoms with Crippen LogP contribution in [0.1, 0.15) is 0 Å². The molecule has 0 spiro atoms. The molecular formula is C38H22N2O2. The molecule has 0 fully saturated rings. The van der Waals surface area contributed by atoms with Crippen LogP contribution in [0.3, 0.4) is 0 Å². The molecule has 0 saturated heterocycles. The van der Waals surface area contributed by atoms with Crippen molar-refractivity contribution in [3.8, 4) is 33.8 Å². The summed E-state index contributed by atoms with van der Waals surface area (Å²) in [6.07, 6.45) is 0. The van der Waals surface area contributed by atoms with Crippen LogP contribution in [0.2, 0.25) is 0 Å². The molecule has 0 aliphatic rings. The first-order chi connectivity index (χ1) is 20.8. The van der Waals surface area contributed by atoms with E-state index in [2.05, 4.69) is 60.7 Å². The Bertz CT molecular complexity index is 2470. The zero-order valence-corrected chi connectivity index (χ0v) is 22.4. The summed E-state index contributed by atoms with van der Waals surface area (Å²) in [5.41, 5.74) is 9.31. The summed E-state index contributed by atoms with van der Waals surface area (Å²) in [5, 5.41) is 5.27. The first-order valence-corrected chi connectivity index (χ1v) is 14.0. The van der Waals surface area contributed by atoms with E-state index in [0.717, 1.165) is 82.7 Å². The Morgan fingerprint density at radius 1 is 0.405 bits per heavy atom. The van der Waals surface area contributed by atoms with Crippen molar-refractivity contribution in [3.63, 3.8) is 0 Å². The van der Waals surface area contributed by atoms with Crippen molar-refractivity contribution in [3.05, 3.63) is 133 Å². The minimum absolute atomic E-state index is 0.667. The monoisotopic (exact) mass is 538 g/mol. The molecule has 0 saturated carbocycles. The van der Waals surface area contributed by atoms with Gasteiger partial charge in [0.05, 0.1) is 11.2 Å². The van der Waals surface area contributed by atoms with E-state index in [1.165, 1.54) is 0 Å². The maximum atomic E-state index is 6.45. The highest BCUT2D eigenvalue weighted by atomic mass is 16.3. The standard InChI is InChI=1S/C38H22N2O2/c1-2-10-23(11-3-1)37-27-13-4-7-15-31(27)39-38(40-37)30-21-25(22-35-36(30)28-14-6-9-17-33(28)42-35)24-18-19-34-29(20-24)26-12-5-8-16-32(26)41-34/h1-22H. The lowest BCUT2D eigenvalue weighted by Gasteiger charge is -2.12. The van der Waals surface area contributed by atoms with Crippen LogP contribution < -0.4 is 0 Å². The van der Waals surface area contributed by atoms with E-state index in [1.54, 1.807) is 0 Å². The number of benzene rings is 6. The number of para-hydroxylation sites is 3. The minimum atomic E-state index is 0.667. The number of aromatic nitrogens is 2. The third-order valence-electron chi connectivity index (χ3n) is 8.08. The van der Waals surface area contributed by atoms with Crippen molar-refractivity contribution in [2.75, 3.05) is 0 Å². The number of hydrogen-bond acceptors (Lipinski definition) is 4. The van der Waals surface area contributed by atoms with Gasteiger partial charge in [0.25, 0.3) is 0 Å². The van der Waals surface area contributed by atoms with E-state index in [0.29, 0.717) is 5.82 Å². The summed E-state index contributed by atoms with van der Waals surface area (Å²) in [6.45, 7) is 0. The topological polar surface area (TPSA) is 52.1 Å². The van der Waals surface area contributed by atoms with Gasteiger partial charge in [0.1, 0.15) is 22.3 Å². The third kappa shape index (κ3) is 3.49. The summed E-state index contributed by atoms with van der Waals surface area (Å²) in [5.74, 6) is 0.667. The molecule has 0 N–H and O–H groups in total. The second-order valence-electron chi connectivity index (χ2n) is 10.6. The van der Waals surface area contributed by atoms with Gasteiger partial charge in [-0.25, -0.2) is 9.97 Å². The number of hydrogen-bond donors (Lipinski definition) is 0. The SMILES string of the molecule is c1ccc(-c2nc(-c3cc(-c4ccc5oc6ccccc6c5c4)cc4oc5ccccc5c34)nc3ccccc23)cc1. The van der Waals surface area contributed by atoms with Crippen molar-refractivity contribution in [1.82, 2.24) is 9.97 Å². The van der Waals surface area contributed by atoms with Crippen molar-refractivity contribution >= 4 is 54.8 Å². The number of furan rings is 2. The van der Waals surface area contributed by atoms with Gasteiger partial charge in [0.2, 0.25) is 0 Å². The largest absolute Gasteiger partial charge is 0.456 e. The molecule has 3 heterocycles. The van der Waals surface area contributed by atoms with Gasteiger partial charge in [-0.15, -0.1) is 0 Å². The van der Waals surface area contributed by atoms with Crippen LogP contribution in [-0.2, 0) is 0 Å². The molecule has 9 aromatic rings. The van der Waals surface area contributed by atoms with Gasteiger partial charge >= 0.3 is 0 Å². The van der Waals surface area contributed by atoms with Gasteiger partial charge in [-0.05, 0) is 53.6 Å². The molecule has 0 aliphatic heterocycles. The fraction of sp³-hybridized carbons (Fsp3) is 0. The molecule has 0 atom stereocenters. The summed E-state index contributed by atoms with van der Waals surface area (Å²) >= 11 is 0. The Hall–Kier alpha value is -5.74. The van der Waals surface area contributed by atoms with E-state index in [1.807, 2.05) is 72.8 Å². The fourth-order valence-electron chi connectivity index (χ4n) is 6.12. The molecule has 0 radical (unpaired) electrons. The Morgan fingerprint density at radius 2 is 1.07 bits per heavy atom. The second kappa shape index (κ2) is 8.88. The Balaban J connectivity index is 1.35. The predicted octanol–water partition coefficient (Wildman–Crippen LogP) is 10.4. The lowest BCUT2D eigenvalue weighted by atomic mass is 9.96. The predicted molar refractivity (Wildman–Crippen MR) is 170 cm³/mol. The van der Waals surface area contributed by atoms with Gasteiger partial charge in [0, 0.05) is 38.1 Å². The first kappa shape index (κ1) is 23.0. The Morgan fingerprint density at radius 3 is 1.93 bits per heavy atom. The first-order valence-electron chi connectivity index (χ1n) is 14.0. The molecule has 9 rings (SSSR count). The Kier molecular flexibility index (Phi) is 4.87. The van der Waals surface area contributed by atoms with Crippen molar-refractivity contribution in [2.45, 2.75) is 0 Å². The minimum Gasteiger partial charge on any atom is -0.456 e. The summed E-state index contributed by atoms with van der Waals surface area (Å²) in [4.78, 5) is 10.3. The highest BCUT2D eigenvalue weighted by Gasteiger charge is 2.19. The number of rotatable bonds is 3. The van der Waals surface area contributed by atoms with E-state index >= 15 is 0 Å². The van der Waals surface area contributed by atoms with Crippen LogP contribution in [0.25, 0.3) is 88.6 Å². The summed E-state index contributed by atoms with van der Waals surface area (Å²) < 4.78 is 12.6. The maximum Gasteiger partial charge on any atom is 0.161 e. The molecule has 0 unspecified atom stereocenters. The molecule has 0 bridgehead atoms. The lowest BCUT2D eigenvalue weighted by Crippen LogP contribution is -1.96. The molecule has 6 aromatic carbocycles. The third-order valence-corrected chi connectivity index (χ3v) is 8.08. The van der Waals surface area contributed by atoms with Crippen molar-refractivity contribution in [1.29, 1.82) is 0 Å². The van der Waals surface area contributed by atoms with Gasteiger partial charge in [-0.2, -0.15) is 0 Å². The van der Waals surface area contributed by atoms with Crippen LogP contribution in [-0.4, -0.2) is 9.97 Å². The van der Waals surface area contributed by atoms with Crippen LogP contribution in [0.15, 0.2) is 142 Å². The van der Waals surface area contributed by atoms with Crippen molar-refractivity contribution < 1.29 is 8.83 Å². The van der Waals surface area contributed by atoms with Crippen LogP contribution in [0.4, 0.5) is 0 Å². The highest BCUT2D eigenvalue weighted by Crippen LogP contribution is 2.41. The van der Waals surface area contributed by atoms with Gasteiger partial charge in [0.15, 0.2) is 5.82 Å². The average Bonchev–Trinajstić information content (AvgIpc) is 3.62. The fourth-order valence-corrected chi connectivity index (χ4v) is 6.12. The van der Waals surface area contributed by atoms with E-state index in [-0.39, 0.29) is 0 Å². The van der Waals surface area contributed by atoms with Crippen LogP contribution >= 0.6 is 0 Å². The van der Waals surface area contributed by atoms with Crippen LogP contribution in [0, 0.1) is 0 Å². The molecular weight excluding hydrogens is 516 g/mol. The molecule has 196 valence electrons.